The Morgan fingerprint density at radius 2 is 1.64 bits per heavy atom. The van der Waals surface area contributed by atoms with E-state index in [1.54, 1.807) is 14.2 Å². The zero-order valence-corrected chi connectivity index (χ0v) is 17.6. The first-order chi connectivity index (χ1) is 13.3. The molecule has 2 aromatic rings. The van der Waals surface area contributed by atoms with Gasteiger partial charge in [0.1, 0.15) is 0 Å². The molecular weight excluding hydrogens is 354 g/mol. The maximum absolute atomic E-state index is 10.5. The van der Waals surface area contributed by atoms with Gasteiger partial charge in [-0.15, -0.1) is 0 Å². The highest BCUT2D eigenvalue weighted by atomic mass is 16.5. The van der Waals surface area contributed by atoms with Crippen LogP contribution in [-0.4, -0.2) is 49.1 Å². The summed E-state index contributed by atoms with van der Waals surface area (Å²) in [5.41, 5.74) is 1.93. The molecule has 0 aromatic heterocycles. The number of ether oxygens (including phenoxy) is 3. The molecule has 0 aliphatic rings. The zero-order chi connectivity index (χ0) is 20.6. The molecule has 0 aliphatic carbocycles. The van der Waals surface area contributed by atoms with Gasteiger partial charge in [0, 0.05) is 25.2 Å². The van der Waals surface area contributed by atoms with Crippen LogP contribution in [0.15, 0.2) is 48.5 Å². The minimum Gasteiger partial charge on any atom is -0.493 e. The highest BCUT2D eigenvalue weighted by Crippen LogP contribution is 2.31. The second-order valence-corrected chi connectivity index (χ2v) is 7.89. The van der Waals surface area contributed by atoms with Gasteiger partial charge in [0.2, 0.25) is 0 Å². The van der Waals surface area contributed by atoms with Crippen LogP contribution in [0.5, 0.6) is 11.5 Å². The predicted molar refractivity (Wildman–Crippen MR) is 112 cm³/mol. The number of rotatable bonds is 10. The van der Waals surface area contributed by atoms with Crippen molar-refractivity contribution < 1.29 is 19.3 Å². The Morgan fingerprint density at radius 3 is 2.25 bits per heavy atom. The SMILES string of the molecule is COc1cccc(CN(Cc2ccccc2)C[C@H](O)COC(C)(C)C)c1OC. The van der Waals surface area contributed by atoms with Crippen LogP contribution in [0.4, 0.5) is 0 Å². The third kappa shape index (κ3) is 7.15. The first-order valence-corrected chi connectivity index (χ1v) is 9.60. The number of hydrogen-bond donors (Lipinski definition) is 1. The van der Waals surface area contributed by atoms with Crippen molar-refractivity contribution in [1.29, 1.82) is 0 Å². The molecule has 0 unspecified atom stereocenters. The van der Waals surface area contributed by atoms with E-state index >= 15 is 0 Å². The Kier molecular flexibility index (Phi) is 8.30. The van der Waals surface area contributed by atoms with Gasteiger partial charge in [-0.2, -0.15) is 0 Å². The van der Waals surface area contributed by atoms with Crippen LogP contribution in [-0.2, 0) is 17.8 Å². The summed E-state index contributed by atoms with van der Waals surface area (Å²) in [5, 5.41) is 10.5. The van der Waals surface area contributed by atoms with E-state index in [0.29, 0.717) is 32.0 Å². The van der Waals surface area contributed by atoms with Gasteiger partial charge in [0.05, 0.1) is 32.5 Å². The lowest BCUT2D eigenvalue weighted by atomic mass is 10.1. The first kappa shape index (κ1) is 22.2. The second-order valence-electron chi connectivity index (χ2n) is 7.89. The minimum absolute atomic E-state index is 0.277. The highest BCUT2D eigenvalue weighted by Gasteiger charge is 2.19. The van der Waals surface area contributed by atoms with Gasteiger partial charge in [0.15, 0.2) is 11.5 Å². The Bertz CT molecular complexity index is 712. The number of hydrogen-bond acceptors (Lipinski definition) is 5. The van der Waals surface area contributed by atoms with Gasteiger partial charge in [-0.3, -0.25) is 4.90 Å². The van der Waals surface area contributed by atoms with Crippen molar-refractivity contribution >= 4 is 0 Å². The minimum atomic E-state index is -0.584. The molecule has 1 atom stereocenters. The van der Waals surface area contributed by atoms with Gasteiger partial charge in [-0.25, -0.2) is 0 Å². The number of aliphatic hydroxyl groups excluding tert-OH is 1. The van der Waals surface area contributed by atoms with E-state index in [1.807, 2.05) is 57.2 Å². The third-order valence-corrected chi connectivity index (χ3v) is 4.31. The normalized spacial score (nSPS) is 12.8. The quantitative estimate of drug-likeness (QED) is 0.670. The number of nitrogens with zero attached hydrogens (tertiary/aromatic N) is 1. The van der Waals surface area contributed by atoms with E-state index in [4.69, 9.17) is 14.2 Å². The summed E-state index contributed by atoms with van der Waals surface area (Å²) in [6.07, 6.45) is -0.584. The van der Waals surface area contributed by atoms with Crippen LogP contribution in [0.25, 0.3) is 0 Å². The van der Waals surface area contributed by atoms with Crippen molar-refractivity contribution in [3.05, 3.63) is 59.7 Å². The molecule has 0 bridgehead atoms. The van der Waals surface area contributed by atoms with Gasteiger partial charge in [0.25, 0.3) is 0 Å². The molecular formula is C23H33NO4. The van der Waals surface area contributed by atoms with E-state index in [9.17, 15) is 5.11 Å². The number of benzene rings is 2. The molecule has 1 N–H and O–H groups in total. The molecule has 0 fully saturated rings. The van der Waals surface area contributed by atoms with E-state index in [2.05, 4.69) is 17.0 Å². The van der Waals surface area contributed by atoms with Crippen molar-refractivity contribution in [3.63, 3.8) is 0 Å². The monoisotopic (exact) mass is 387 g/mol. The molecule has 154 valence electrons. The van der Waals surface area contributed by atoms with Gasteiger partial charge in [-0.1, -0.05) is 42.5 Å². The topological polar surface area (TPSA) is 51.2 Å². The summed E-state index contributed by atoms with van der Waals surface area (Å²) in [5.74, 6) is 1.43. The summed E-state index contributed by atoms with van der Waals surface area (Å²) in [4.78, 5) is 2.20. The number of methoxy groups -OCH3 is 2. The molecule has 0 amide bonds. The van der Waals surface area contributed by atoms with E-state index in [1.165, 1.54) is 5.56 Å². The van der Waals surface area contributed by atoms with Crippen LogP contribution in [0, 0.1) is 0 Å². The fourth-order valence-electron chi connectivity index (χ4n) is 3.04. The first-order valence-electron chi connectivity index (χ1n) is 9.60. The van der Waals surface area contributed by atoms with Gasteiger partial charge < -0.3 is 19.3 Å². The Hall–Kier alpha value is -2.08. The number of aliphatic hydroxyl groups is 1. The van der Waals surface area contributed by atoms with Crippen molar-refractivity contribution in [1.82, 2.24) is 4.90 Å². The molecule has 5 nitrogen and oxygen atoms in total. The smallest absolute Gasteiger partial charge is 0.165 e. The fourth-order valence-corrected chi connectivity index (χ4v) is 3.04. The maximum Gasteiger partial charge on any atom is 0.165 e. The summed E-state index contributed by atoms with van der Waals surface area (Å²) in [6, 6.07) is 16.1. The van der Waals surface area contributed by atoms with Crippen LogP contribution in [0.3, 0.4) is 0 Å². The van der Waals surface area contributed by atoms with Crippen molar-refractivity contribution in [2.45, 2.75) is 45.6 Å². The fraction of sp³-hybridized carbons (Fsp3) is 0.478. The van der Waals surface area contributed by atoms with Crippen LogP contribution < -0.4 is 9.47 Å². The van der Waals surface area contributed by atoms with Gasteiger partial charge >= 0.3 is 0 Å². The summed E-state index contributed by atoms with van der Waals surface area (Å²) < 4.78 is 16.8. The summed E-state index contributed by atoms with van der Waals surface area (Å²) >= 11 is 0. The molecule has 0 radical (unpaired) electrons. The average Bonchev–Trinajstić information content (AvgIpc) is 2.66. The number of para-hydroxylation sites is 1. The lowest BCUT2D eigenvalue weighted by Crippen LogP contribution is -2.36. The molecule has 28 heavy (non-hydrogen) atoms. The molecule has 0 aliphatic heterocycles. The molecule has 0 heterocycles. The van der Waals surface area contributed by atoms with Crippen LogP contribution in [0.1, 0.15) is 31.9 Å². The maximum atomic E-state index is 10.5. The van der Waals surface area contributed by atoms with E-state index in [-0.39, 0.29) is 5.60 Å². The molecule has 0 saturated carbocycles. The summed E-state index contributed by atoms with van der Waals surface area (Å²) in [7, 11) is 3.28. The lowest BCUT2D eigenvalue weighted by Gasteiger charge is -2.28. The van der Waals surface area contributed by atoms with Crippen LogP contribution in [0.2, 0.25) is 0 Å². The standard InChI is InChI=1S/C23H33NO4/c1-23(2,3)28-17-20(25)16-24(14-18-10-7-6-8-11-18)15-19-12-9-13-21(26-4)22(19)27-5/h6-13,20,25H,14-17H2,1-5H3/t20-/m0/s1. The van der Waals surface area contributed by atoms with Crippen molar-refractivity contribution in [2.75, 3.05) is 27.4 Å². The molecule has 0 saturated heterocycles. The summed E-state index contributed by atoms with van der Waals surface area (Å²) in [6.45, 7) is 8.10. The Labute approximate surface area is 168 Å². The van der Waals surface area contributed by atoms with Crippen molar-refractivity contribution in [2.24, 2.45) is 0 Å². The lowest BCUT2D eigenvalue weighted by molar-refractivity contribution is -0.0573. The third-order valence-electron chi connectivity index (χ3n) is 4.31. The molecule has 0 spiro atoms. The molecule has 2 aromatic carbocycles. The highest BCUT2D eigenvalue weighted by molar-refractivity contribution is 5.46. The molecule has 2 rings (SSSR count). The average molecular weight is 388 g/mol. The largest absolute Gasteiger partial charge is 0.493 e. The predicted octanol–water partition coefficient (Wildman–Crippen LogP) is 3.88. The van der Waals surface area contributed by atoms with Crippen molar-refractivity contribution in [3.8, 4) is 11.5 Å². The van der Waals surface area contributed by atoms with Gasteiger partial charge in [-0.05, 0) is 32.4 Å². The zero-order valence-electron chi connectivity index (χ0n) is 17.6. The van der Waals surface area contributed by atoms with E-state index in [0.717, 1.165) is 11.3 Å². The Balaban J connectivity index is 2.16. The Morgan fingerprint density at radius 1 is 0.929 bits per heavy atom. The second kappa shape index (κ2) is 10.5. The van der Waals surface area contributed by atoms with E-state index < -0.39 is 6.10 Å². The van der Waals surface area contributed by atoms with Crippen LogP contribution >= 0.6 is 0 Å². The molecule has 5 heteroatoms.